The van der Waals surface area contributed by atoms with Crippen LogP contribution >= 0.6 is 15.9 Å². The van der Waals surface area contributed by atoms with Gasteiger partial charge in [-0.05, 0) is 109 Å². The highest BCUT2D eigenvalue weighted by molar-refractivity contribution is 9.10. The van der Waals surface area contributed by atoms with Crippen LogP contribution in [0.5, 0.6) is 0 Å². The van der Waals surface area contributed by atoms with Crippen LogP contribution in [0, 0.1) is 41.9 Å². The third-order valence-corrected chi connectivity index (χ3v) is 8.90. The van der Waals surface area contributed by atoms with Gasteiger partial charge in [-0.3, -0.25) is 0 Å². The molecule has 3 aromatic carbocycles. The predicted octanol–water partition coefficient (Wildman–Crippen LogP) is 9.44. The van der Waals surface area contributed by atoms with Gasteiger partial charge in [0.1, 0.15) is 17.5 Å². The van der Waals surface area contributed by atoms with Gasteiger partial charge in [0.25, 0.3) is 0 Å². The molecule has 0 spiro atoms. The fraction of sp³-hybridized carbons (Fsp3) is 0.364. The van der Waals surface area contributed by atoms with Gasteiger partial charge in [-0.25, -0.2) is 22.9 Å². The van der Waals surface area contributed by atoms with Crippen LogP contribution in [0.2, 0.25) is 0 Å². The highest BCUT2D eigenvalue weighted by Crippen LogP contribution is 2.43. The first kappa shape index (κ1) is 36.8. The molecule has 0 unspecified atom stereocenters. The molecule has 2 aliphatic rings. The van der Waals surface area contributed by atoms with Crippen LogP contribution in [0.1, 0.15) is 61.0 Å². The molecular formula is C33H33B2BrF3N3O4. The molecule has 0 saturated carbocycles. The third kappa shape index (κ3) is 8.20. The minimum Gasteiger partial charge on any atom is -0.405 e. The molecule has 238 valence electrons. The second kappa shape index (κ2) is 14.0. The summed E-state index contributed by atoms with van der Waals surface area (Å²) < 4.78 is 63.2. The number of hydrogen-bond acceptors (Lipinski definition) is 5. The Hall–Kier alpha value is -3.63. The van der Waals surface area contributed by atoms with Gasteiger partial charge in [0.15, 0.2) is 5.69 Å². The van der Waals surface area contributed by atoms with Crippen molar-refractivity contribution in [1.29, 1.82) is 5.26 Å². The quantitative estimate of drug-likeness (QED) is 0.198. The average molecular weight is 694 g/mol. The van der Waals surface area contributed by atoms with Crippen LogP contribution in [0.3, 0.4) is 0 Å². The van der Waals surface area contributed by atoms with Gasteiger partial charge in [0, 0.05) is 4.47 Å². The summed E-state index contributed by atoms with van der Waals surface area (Å²) in [5, 5.41) is 8.96. The van der Waals surface area contributed by atoms with Crippen molar-refractivity contribution >= 4 is 41.3 Å². The van der Waals surface area contributed by atoms with Gasteiger partial charge in [-0.1, -0.05) is 28.1 Å². The molecule has 0 amide bonds. The van der Waals surface area contributed by atoms with Crippen molar-refractivity contribution in [3.8, 4) is 17.2 Å². The number of nitrogens with zero attached hydrogens (tertiary/aromatic N) is 3. The first-order valence-electron chi connectivity index (χ1n) is 14.2. The molecule has 0 aliphatic carbocycles. The maximum absolute atomic E-state index is 13.2. The summed E-state index contributed by atoms with van der Waals surface area (Å²) in [7, 11) is -0.952. The molecule has 3 aromatic rings. The summed E-state index contributed by atoms with van der Waals surface area (Å²) in [5.41, 5.74) is -0.179. The molecule has 2 aliphatic heterocycles. The fourth-order valence-electron chi connectivity index (χ4n) is 4.23. The maximum Gasteiger partial charge on any atom is 0.488 e. The van der Waals surface area contributed by atoms with Gasteiger partial charge < -0.3 is 18.6 Å². The van der Waals surface area contributed by atoms with E-state index in [0.29, 0.717) is 10.2 Å². The minimum atomic E-state index is -0.538. The van der Waals surface area contributed by atoms with E-state index in [4.69, 9.17) is 37.0 Å². The van der Waals surface area contributed by atoms with Gasteiger partial charge in [0.05, 0.1) is 47.2 Å². The van der Waals surface area contributed by atoms with Crippen molar-refractivity contribution in [2.75, 3.05) is 0 Å². The number of rotatable bonds is 2. The summed E-state index contributed by atoms with van der Waals surface area (Å²) >= 11 is 3.05. The standard InChI is InChI=1S/C14H6F2N2.C12H24B2O4.C7H3BrFN/c1-18-14-5-4-11(16)7-13(14)12-6-10(15)3-2-9(12)8-17;1-9(2)10(3,4)16-13(15-9)14-17-11(5,6)12(7,8)18-14;1-10-7-3-2-5(9)4-6(7)8/h2-7H;1-8H3;2-4H. The second-order valence-corrected chi connectivity index (χ2v) is 13.4. The Morgan fingerprint density at radius 1 is 0.630 bits per heavy atom. The zero-order valence-electron chi connectivity index (χ0n) is 26.8. The molecule has 2 fully saturated rings. The Labute approximate surface area is 277 Å². The van der Waals surface area contributed by atoms with E-state index in [0.717, 1.165) is 24.3 Å². The third-order valence-electron chi connectivity index (χ3n) is 8.27. The molecule has 0 bridgehead atoms. The van der Waals surface area contributed by atoms with E-state index in [1.165, 1.54) is 30.3 Å². The predicted molar refractivity (Wildman–Crippen MR) is 175 cm³/mol. The zero-order valence-corrected chi connectivity index (χ0v) is 28.4. The number of benzene rings is 3. The van der Waals surface area contributed by atoms with Crippen molar-refractivity contribution in [3.63, 3.8) is 0 Å². The lowest BCUT2D eigenvalue weighted by Gasteiger charge is -2.32. The first-order chi connectivity index (χ1) is 21.3. The molecule has 2 heterocycles. The van der Waals surface area contributed by atoms with Crippen LogP contribution in [-0.4, -0.2) is 36.4 Å². The first-order valence-corrected chi connectivity index (χ1v) is 15.0. The minimum absolute atomic E-state index is 0.179. The molecule has 2 saturated heterocycles. The van der Waals surface area contributed by atoms with Gasteiger partial charge >= 0.3 is 14.0 Å². The van der Waals surface area contributed by atoms with Gasteiger partial charge in [0.2, 0.25) is 5.69 Å². The summed E-state index contributed by atoms with van der Waals surface area (Å²) in [6.07, 6.45) is 0. The van der Waals surface area contributed by atoms with Crippen LogP contribution in [0.25, 0.3) is 20.8 Å². The topological polar surface area (TPSA) is 69.4 Å². The summed E-state index contributed by atoms with van der Waals surface area (Å²) in [5.74, 6) is -1.41. The van der Waals surface area contributed by atoms with Gasteiger partial charge in [-0.2, -0.15) is 5.26 Å². The molecule has 0 radical (unpaired) electrons. The lowest BCUT2D eigenvalue weighted by atomic mass is 9.49. The van der Waals surface area contributed by atoms with Crippen molar-refractivity contribution in [3.05, 3.63) is 105 Å². The molecule has 0 atom stereocenters. The summed E-state index contributed by atoms with van der Waals surface area (Å²) in [6.45, 7) is 29.8. The van der Waals surface area contributed by atoms with Crippen LogP contribution < -0.4 is 0 Å². The Morgan fingerprint density at radius 2 is 1.00 bits per heavy atom. The molecule has 13 heteroatoms. The summed E-state index contributed by atoms with van der Waals surface area (Å²) in [4.78, 5) is 6.39. The van der Waals surface area contributed by atoms with E-state index in [1.54, 1.807) is 0 Å². The maximum atomic E-state index is 13.2. The highest BCUT2D eigenvalue weighted by Gasteiger charge is 2.63. The molecule has 0 aromatic heterocycles. The highest BCUT2D eigenvalue weighted by atomic mass is 79.9. The molecule has 46 heavy (non-hydrogen) atoms. The van der Waals surface area contributed by atoms with E-state index in [9.17, 15) is 13.2 Å². The van der Waals surface area contributed by atoms with Crippen molar-refractivity contribution in [1.82, 2.24) is 0 Å². The monoisotopic (exact) mass is 693 g/mol. The molecule has 7 nitrogen and oxygen atoms in total. The fourth-order valence-corrected chi connectivity index (χ4v) is 4.67. The Balaban J connectivity index is 0.000000196. The van der Waals surface area contributed by atoms with Crippen LogP contribution in [0.15, 0.2) is 59.1 Å². The largest absolute Gasteiger partial charge is 0.488 e. The number of halogens is 4. The Morgan fingerprint density at radius 3 is 1.39 bits per heavy atom. The molecule has 5 rings (SSSR count). The van der Waals surface area contributed by atoms with Crippen molar-refractivity contribution in [2.24, 2.45) is 0 Å². The molecule has 0 N–H and O–H groups in total. The lowest BCUT2D eigenvalue weighted by Crippen LogP contribution is -2.41. The summed E-state index contributed by atoms with van der Waals surface area (Å²) in [6, 6.07) is 13.0. The van der Waals surface area contributed by atoms with Crippen molar-refractivity contribution < 1.29 is 31.8 Å². The Bertz CT molecular complexity index is 1600. The van der Waals surface area contributed by atoms with E-state index in [2.05, 4.69) is 25.6 Å². The van der Waals surface area contributed by atoms with E-state index < -0.39 is 25.7 Å². The number of nitriles is 1. The molecular weight excluding hydrogens is 661 g/mol. The lowest BCUT2D eigenvalue weighted by molar-refractivity contribution is 0.00578. The SMILES string of the molecule is CC1(C)OB(B2OC(C)(C)C(C)(C)O2)OC1(C)C.[C-]#[N+]c1ccc(F)cc1-c1cc(F)ccc1C#N.[C-]#[N+]c1ccc(F)cc1Br. The zero-order chi connectivity index (χ0) is 34.7. The van der Waals surface area contributed by atoms with E-state index >= 15 is 0 Å². The van der Waals surface area contributed by atoms with Crippen LogP contribution in [-0.2, 0) is 18.6 Å². The smallest absolute Gasteiger partial charge is 0.405 e. The van der Waals surface area contributed by atoms with Gasteiger partial charge in [-0.15, -0.1) is 0 Å². The van der Waals surface area contributed by atoms with Crippen molar-refractivity contribution in [2.45, 2.75) is 77.8 Å². The Kier molecular flexibility index (Phi) is 11.2. The normalized spacial score (nSPS) is 18.2. The van der Waals surface area contributed by atoms with Crippen LogP contribution in [0.4, 0.5) is 24.5 Å². The van der Waals surface area contributed by atoms with E-state index in [1.807, 2.05) is 61.5 Å². The number of hydrogen-bond donors (Lipinski definition) is 0. The average Bonchev–Trinajstić information content (AvgIpc) is 3.33. The second-order valence-electron chi connectivity index (χ2n) is 12.5. The van der Waals surface area contributed by atoms with E-state index in [-0.39, 0.29) is 50.6 Å².